The van der Waals surface area contributed by atoms with Gasteiger partial charge in [0.1, 0.15) is 0 Å². The van der Waals surface area contributed by atoms with Gasteiger partial charge in [-0.2, -0.15) is 0 Å². The summed E-state index contributed by atoms with van der Waals surface area (Å²) < 4.78 is 0. The van der Waals surface area contributed by atoms with Crippen molar-refractivity contribution < 1.29 is 0 Å². The molecule has 0 heterocycles. The Labute approximate surface area is 124 Å². The zero-order valence-electron chi connectivity index (χ0n) is 12.7. The van der Waals surface area contributed by atoms with E-state index in [9.17, 15) is 0 Å². The molecule has 0 spiro atoms. The first-order valence-corrected chi connectivity index (χ1v) is 10.6. The molecule has 0 aliphatic heterocycles. The van der Waals surface area contributed by atoms with Crippen molar-refractivity contribution in [2.45, 2.75) is 90.9 Å². The molecular formula is C16H34S2. The molecule has 18 heavy (non-hydrogen) atoms. The van der Waals surface area contributed by atoms with Gasteiger partial charge in [-0.1, -0.05) is 99.6 Å². The maximum absolute atomic E-state index is 2.29. The van der Waals surface area contributed by atoms with E-state index in [2.05, 4.69) is 35.4 Å². The standard InChI is InChI=1S/C16H34S2/c1-3-5-7-9-10-11-12-14-16-18-17-15-13-8-6-4-2/h3-16H2,1-2H3. The molecule has 0 aromatic heterocycles. The van der Waals surface area contributed by atoms with Gasteiger partial charge in [-0.15, -0.1) is 0 Å². The Bertz CT molecular complexity index is 121. The number of unbranched alkanes of at least 4 members (excludes halogenated alkanes) is 10. The van der Waals surface area contributed by atoms with Gasteiger partial charge in [0.05, 0.1) is 0 Å². The smallest absolute Gasteiger partial charge is 0.00369 e. The van der Waals surface area contributed by atoms with Gasteiger partial charge in [0.15, 0.2) is 0 Å². The Hall–Kier alpha value is 0.700. The van der Waals surface area contributed by atoms with Crippen molar-refractivity contribution in [3.05, 3.63) is 0 Å². The fourth-order valence-corrected chi connectivity index (χ4v) is 4.29. The minimum Gasteiger partial charge on any atom is -0.0942 e. The van der Waals surface area contributed by atoms with Crippen molar-refractivity contribution in [3.63, 3.8) is 0 Å². The SMILES string of the molecule is CCCCCCCCCCSSCCCCCC. The normalized spacial score (nSPS) is 11.0. The van der Waals surface area contributed by atoms with Crippen molar-refractivity contribution in [3.8, 4) is 0 Å². The number of hydrogen-bond donors (Lipinski definition) is 0. The van der Waals surface area contributed by atoms with E-state index in [-0.39, 0.29) is 0 Å². The summed E-state index contributed by atoms with van der Waals surface area (Å²) >= 11 is 0. The molecule has 0 fully saturated rings. The van der Waals surface area contributed by atoms with Crippen LogP contribution >= 0.6 is 21.6 Å². The van der Waals surface area contributed by atoms with Crippen LogP contribution in [0.1, 0.15) is 90.9 Å². The van der Waals surface area contributed by atoms with E-state index in [1.54, 1.807) is 0 Å². The highest BCUT2D eigenvalue weighted by Gasteiger charge is 1.94. The summed E-state index contributed by atoms with van der Waals surface area (Å²) in [6, 6.07) is 0. The van der Waals surface area contributed by atoms with Crippen LogP contribution in [0.15, 0.2) is 0 Å². The first-order chi connectivity index (χ1) is 8.91. The molecule has 0 bridgehead atoms. The van der Waals surface area contributed by atoms with Crippen LogP contribution in [0.3, 0.4) is 0 Å². The van der Waals surface area contributed by atoms with E-state index < -0.39 is 0 Å². The average Bonchev–Trinajstić information content (AvgIpc) is 2.39. The van der Waals surface area contributed by atoms with E-state index in [1.807, 2.05) is 0 Å². The van der Waals surface area contributed by atoms with Gasteiger partial charge in [-0.25, -0.2) is 0 Å². The number of hydrogen-bond acceptors (Lipinski definition) is 2. The van der Waals surface area contributed by atoms with Gasteiger partial charge in [-0.05, 0) is 12.8 Å². The lowest BCUT2D eigenvalue weighted by atomic mass is 10.1. The lowest BCUT2D eigenvalue weighted by molar-refractivity contribution is 0.586. The monoisotopic (exact) mass is 290 g/mol. The van der Waals surface area contributed by atoms with E-state index in [0.717, 1.165) is 0 Å². The summed E-state index contributed by atoms with van der Waals surface area (Å²) in [7, 11) is 4.20. The van der Waals surface area contributed by atoms with Gasteiger partial charge in [-0.3, -0.25) is 0 Å². The average molecular weight is 291 g/mol. The molecule has 0 unspecified atom stereocenters. The molecule has 0 atom stereocenters. The summed E-state index contributed by atoms with van der Waals surface area (Å²) in [5.41, 5.74) is 0. The largest absolute Gasteiger partial charge is 0.0942 e. The summed E-state index contributed by atoms with van der Waals surface area (Å²) in [5, 5.41) is 0. The van der Waals surface area contributed by atoms with Crippen molar-refractivity contribution in [1.82, 2.24) is 0 Å². The minimum absolute atomic E-state index is 1.36. The quantitative estimate of drug-likeness (QED) is 0.233. The van der Waals surface area contributed by atoms with Gasteiger partial charge in [0.25, 0.3) is 0 Å². The topological polar surface area (TPSA) is 0 Å². The van der Waals surface area contributed by atoms with Crippen LogP contribution in [-0.2, 0) is 0 Å². The Morgan fingerprint density at radius 1 is 0.444 bits per heavy atom. The Morgan fingerprint density at radius 3 is 1.22 bits per heavy atom. The van der Waals surface area contributed by atoms with Gasteiger partial charge in [0.2, 0.25) is 0 Å². The maximum atomic E-state index is 2.29. The molecule has 0 amide bonds. The first-order valence-electron chi connectivity index (χ1n) is 8.16. The second kappa shape index (κ2) is 17.7. The third kappa shape index (κ3) is 16.7. The second-order valence-corrected chi connectivity index (χ2v) is 7.88. The molecule has 2 heteroatoms. The van der Waals surface area contributed by atoms with Crippen molar-refractivity contribution in [1.29, 1.82) is 0 Å². The van der Waals surface area contributed by atoms with Crippen LogP contribution < -0.4 is 0 Å². The Balaban J connectivity index is 2.86. The molecule has 110 valence electrons. The predicted molar refractivity (Wildman–Crippen MR) is 91.7 cm³/mol. The van der Waals surface area contributed by atoms with Gasteiger partial charge in [0, 0.05) is 11.5 Å². The fraction of sp³-hybridized carbons (Fsp3) is 1.00. The van der Waals surface area contributed by atoms with E-state index in [1.165, 1.54) is 88.6 Å². The van der Waals surface area contributed by atoms with Gasteiger partial charge < -0.3 is 0 Å². The van der Waals surface area contributed by atoms with Crippen LogP contribution in [-0.4, -0.2) is 11.5 Å². The van der Waals surface area contributed by atoms with Crippen LogP contribution in [0.5, 0.6) is 0 Å². The molecule has 0 aromatic rings. The van der Waals surface area contributed by atoms with Crippen molar-refractivity contribution in [2.75, 3.05) is 11.5 Å². The highest BCUT2D eigenvalue weighted by atomic mass is 33.1. The first kappa shape index (κ1) is 18.7. The fourth-order valence-electron chi connectivity index (χ4n) is 2.00. The van der Waals surface area contributed by atoms with E-state index >= 15 is 0 Å². The molecule has 0 aromatic carbocycles. The molecule has 0 aliphatic rings. The molecule has 0 aliphatic carbocycles. The zero-order chi connectivity index (χ0) is 13.3. The summed E-state index contributed by atoms with van der Waals surface area (Å²) in [6.45, 7) is 4.57. The van der Waals surface area contributed by atoms with Gasteiger partial charge >= 0.3 is 0 Å². The number of rotatable bonds is 15. The van der Waals surface area contributed by atoms with Crippen molar-refractivity contribution >= 4 is 21.6 Å². The summed E-state index contributed by atoms with van der Waals surface area (Å²) in [4.78, 5) is 0. The lowest BCUT2D eigenvalue weighted by Crippen LogP contribution is -1.83. The highest BCUT2D eigenvalue weighted by Crippen LogP contribution is 2.24. The summed E-state index contributed by atoms with van der Waals surface area (Å²) in [5.74, 6) is 2.73. The van der Waals surface area contributed by atoms with Crippen LogP contribution in [0.4, 0.5) is 0 Å². The third-order valence-electron chi connectivity index (χ3n) is 3.25. The van der Waals surface area contributed by atoms with Crippen LogP contribution in [0, 0.1) is 0 Å². The zero-order valence-corrected chi connectivity index (χ0v) is 14.3. The maximum Gasteiger partial charge on any atom is 0.00369 e. The summed E-state index contributed by atoms with van der Waals surface area (Å²) in [6.07, 6.45) is 17.2. The molecule has 0 rings (SSSR count). The second-order valence-electron chi connectivity index (χ2n) is 5.18. The van der Waals surface area contributed by atoms with E-state index in [0.29, 0.717) is 0 Å². The van der Waals surface area contributed by atoms with Crippen molar-refractivity contribution in [2.24, 2.45) is 0 Å². The minimum atomic E-state index is 1.36. The van der Waals surface area contributed by atoms with Crippen LogP contribution in [0.2, 0.25) is 0 Å². The molecule has 0 saturated carbocycles. The lowest BCUT2D eigenvalue weighted by Gasteiger charge is -2.02. The Morgan fingerprint density at radius 2 is 0.778 bits per heavy atom. The predicted octanol–water partition coefficient (Wildman–Crippen LogP) is 7.09. The molecule has 0 nitrogen and oxygen atoms in total. The molecular weight excluding hydrogens is 256 g/mol. The highest BCUT2D eigenvalue weighted by molar-refractivity contribution is 8.76. The third-order valence-corrected chi connectivity index (χ3v) is 5.82. The van der Waals surface area contributed by atoms with E-state index in [4.69, 9.17) is 0 Å². The molecule has 0 radical (unpaired) electrons. The van der Waals surface area contributed by atoms with Crippen LogP contribution in [0.25, 0.3) is 0 Å². The molecule has 0 N–H and O–H groups in total. The molecule has 0 saturated heterocycles. The Kier molecular flexibility index (Phi) is 18.4.